The fraction of sp³-hybridized carbons (Fsp3) is 0.931. The van der Waals surface area contributed by atoms with Crippen LogP contribution in [-0.4, -0.2) is 24.6 Å². The van der Waals surface area contributed by atoms with E-state index in [-0.39, 0.29) is 29.9 Å². The molecule has 2 atom stereocenters. The van der Waals surface area contributed by atoms with Crippen LogP contribution in [0.25, 0.3) is 0 Å². The molecule has 0 radical (unpaired) electrons. The lowest BCUT2D eigenvalue weighted by Gasteiger charge is -2.27. The number of hydrogen-bond acceptors (Lipinski definition) is 4. The van der Waals surface area contributed by atoms with E-state index in [4.69, 9.17) is 9.47 Å². The minimum Gasteiger partial charge on any atom is -0.465 e. The van der Waals surface area contributed by atoms with E-state index in [1.54, 1.807) is 0 Å². The van der Waals surface area contributed by atoms with Crippen molar-refractivity contribution in [2.45, 2.75) is 155 Å². The Morgan fingerprint density at radius 2 is 1.09 bits per heavy atom. The summed E-state index contributed by atoms with van der Waals surface area (Å²) in [6.07, 6.45) is 24.5. The first-order valence-corrected chi connectivity index (χ1v) is 14.4. The van der Waals surface area contributed by atoms with Gasteiger partial charge in [0.25, 0.3) is 0 Å². The summed E-state index contributed by atoms with van der Waals surface area (Å²) in [5, 5.41) is 0. The fourth-order valence-electron chi connectivity index (χ4n) is 4.89. The van der Waals surface area contributed by atoms with Crippen molar-refractivity contribution in [3.63, 3.8) is 0 Å². The zero-order valence-corrected chi connectivity index (χ0v) is 22.2. The van der Waals surface area contributed by atoms with Crippen LogP contribution in [0.4, 0.5) is 0 Å². The lowest BCUT2D eigenvalue weighted by atomic mass is 9.81. The number of unbranched alkanes of at least 4 members (excludes halogenated alkanes) is 15. The average Bonchev–Trinajstić information content (AvgIpc) is 2.80. The standard InChI is InChI=1S/C29H54O4/c1-4-5-6-7-8-9-10-11-12-13-14-15-16-17-18-19-23-32-28(30)26-21-20-22-27(24-26)29(31)33-25(2)3/h25-27H,4-24H2,1-3H3. The molecule has 1 fully saturated rings. The Balaban J connectivity index is 1.89. The zero-order valence-electron chi connectivity index (χ0n) is 22.2. The van der Waals surface area contributed by atoms with Gasteiger partial charge >= 0.3 is 11.9 Å². The minimum atomic E-state index is -0.152. The first-order chi connectivity index (χ1) is 16.0. The van der Waals surface area contributed by atoms with E-state index in [0.717, 1.165) is 32.1 Å². The van der Waals surface area contributed by atoms with Gasteiger partial charge in [0, 0.05) is 0 Å². The maximum Gasteiger partial charge on any atom is 0.309 e. The normalized spacial score (nSPS) is 18.4. The summed E-state index contributed by atoms with van der Waals surface area (Å²) in [4.78, 5) is 24.5. The Hall–Kier alpha value is -1.06. The Labute approximate surface area is 205 Å². The van der Waals surface area contributed by atoms with Crippen LogP contribution in [-0.2, 0) is 19.1 Å². The number of rotatable bonds is 20. The van der Waals surface area contributed by atoms with Crippen LogP contribution in [0.1, 0.15) is 149 Å². The summed E-state index contributed by atoms with van der Waals surface area (Å²) in [5.41, 5.74) is 0. The molecule has 1 rings (SSSR count). The molecular weight excluding hydrogens is 412 g/mol. The highest BCUT2D eigenvalue weighted by atomic mass is 16.5. The van der Waals surface area contributed by atoms with Crippen molar-refractivity contribution in [3.8, 4) is 0 Å². The first kappa shape index (κ1) is 30.0. The van der Waals surface area contributed by atoms with Crippen molar-refractivity contribution in [2.75, 3.05) is 6.61 Å². The van der Waals surface area contributed by atoms with Gasteiger partial charge in [0.05, 0.1) is 24.5 Å². The third-order valence-corrected chi connectivity index (χ3v) is 6.93. The van der Waals surface area contributed by atoms with Gasteiger partial charge in [0.2, 0.25) is 0 Å². The number of hydrogen-bond donors (Lipinski definition) is 0. The van der Waals surface area contributed by atoms with Crippen LogP contribution < -0.4 is 0 Å². The highest BCUT2D eigenvalue weighted by Crippen LogP contribution is 2.31. The smallest absolute Gasteiger partial charge is 0.309 e. The highest BCUT2D eigenvalue weighted by molar-refractivity contribution is 5.76. The van der Waals surface area contributed by atoms with Crippen LogP contribution in [0.2, 0.25) is 0 Å². The largest absolute Gasteiger partial charge is 0.465 e. The molecule has 1 saturated carbocycles. The number of carbonyl (C=O) groups excluding carboxylic acids is 2. The summed E-state index contributed by atoms with van der Waals surface area (Å²) in [6, 6.07) is 0. The van der Waals surface area contributed by atoms with Crippen molar-refractivity contribution in [1.82, 2.24) is 0 Å². The SMILES string of the molecule is CCCCCCCCCCCCCCCCCCOC(=O)C1CCCC(C(=O)OC(C)C)C1. The van der Waals surface area contributed by atoms with Crippen LogP contribution >= 0.6 is 0 Å². The average molecular weight is 467 g/mol. The lowest BCUT2D eigenvalue weighted by Crippen LogP contribution is -2.30. The maximum atomic E-state index is 12.4. The molecular formula is C29H54O4. The molecule has 0 aromatic rings. The van der Waals surface area contributed by atoms with E-state index in [2.05, 4.69) is 6.92 Å². The predicted molar refractivity (Wildman–Crippen MR) is 137 cm³/mol. The van der Waals surface area contributed by atoms with E-state index in [0.29, 0.717) is 13.0 Å². The van der Waals surface area contributed by atoms with Crippen LogP contribution in [0.15, 0.2) is 0 Å². The van der Waals surface area contributed by atoms with E-state index >= 15 is 0 Å². The van der Waals surface area contributed by atoms with E-state index < -0.39 is 0 Å². The molecule has 4 nitrogen and oxygen atoms in total. The molecule has 0 amide bonds. The third-order valence-electron chi connectivity index (χ3n) is 6.93. The van der Waals surface area contributed by atoms with Gasteiger partial charge in [0.1, 0.15) is 0 Å². The molecule has 2 unspecified atom stereocenters. The van der Waals surface area contributed by atoms with Gasteiger partial charge in [-0.2, -0.15) is 0 Å². The Morgan fingerprint density at radius 3 is 1.55 bits per heavy atom. The van der Waals surface area contributed by atoms with E-state index in [9.17, 15) is 9.59 Å². The molecule has 33 heavy (non-hydrogen) atoms. The summed E-state index contributed by atoms with van der Waals surface area (Å²) < 4.78 is 10.8. The van der Waals surface area contributed by atoms with Crippen LogP contribution in [0, 0.1) is 11.8 Å². The quantitative estimate of drug-likeness (QED) is 0.133. The molecule has 0 spiro atoms. The van der Waals surface area contributed by atoms with Gasteiger partial charge in [-0.1, -0.05) is 110 Å². The number of carbonyl (C=O) groups is 2. The maximum absolute atomic E-state index is 12.4. The molecule has 0 aromatic heterocycles. The third kappa shape index (κ3) is 16.2. The molecule has 194 valence electrons. The lowest BCUT2D eigenvalue weighted by molar-refractivity contribution is -0.157. The van der Waals surface area contributed by atoms with E-state index in [1.807, 2.05) is 13.8 Å². The molecule has 1 aliphatic carbocycles. The van der Waals surface area contributed by atoms with Crippen molar-refractivity contribution in [1.29, 1.82) is 0 Å². The topological polar surface area (TPSA) is 52.6 Å². The van der Waals surface area contributed by atoms with Crippen molar-refractivity contribution in [2.24, 2.45) is 11.8 Å². The van der Waals surface area contributed by atoms with Gasteiger partial charge in [-0.05, 0) is 39.5 Å². The second kappa shape index (κ2) is 20.3. The van der Waals surface area contributed by atoms with Crippen LogP contribution in [0.5, 0.6) is 0 Å². The monoisotopic (exact) mass is 466 g/mol. The number of ether oxygens (including phenoxy) is 2. The Bertz CT molecular complexity index is 488. The summed E-state index contributed by atoms with van der Waals surface area (Å²) in [7, 11) is 0. The molecule has 0 heterocycles. The molecule has 0 N–H and O–H groups in total. The van der Waals surface area contributed by atoms with Gasteiger partial charge < -0.3 is 9.47 Å². The highest BCUT2D eigenvalue weighted by Gasteiger charge is 2.33. The Kier molecular flexibility index (Phi) is 18.5. The second-order valence-corrected chi connectivity index (χ2v) is 10.5. The first-order valence-electron chi connectivity index (χ1n) is 14.4. The van der Waals surface area contributed by atoms with Crippen LogP contribution in [0.3, 0.4) is 0 Å². The van der Waals surface area contributed by atoms with Gasteiger partial charge in [0.15, 0.2) is 0 Å². The van der Waals surface area contributed by atoms with Crippen molar-refractivity contribution < 1.29 is 19.1 Å². The summed E-state index contributed by atoms with van der Waals surface area (Å²) in [6.45, 7) is 6.53. The minimum absolute atomic E-state index is 0.0975. The molecule has 0 aromatic carbocycles. The molecule has 0 saturated heterocycles. The van der Waals surface area contributed by atoms with E-state index in [1.165, 1.54) is 89.9 Å². The molecule has 0 aliphatic heterocycles. The number of esters is 2. The molecule has 1 aliphatic rings. The second-order valence-electron chi connectivity index (χ2n) is 10.5. The zero-order chi connectivity index (χ0) is 24.2. The van der Waals surface area contributed by atoms with Gasteiger partial charge in [-0.3, -0.25) is 9.59 Å². The Morgan fingerprint density at radius 1 is 0.667 bits per heavy atom. The van der Waals surface area contributed by atoms with Crippen molar-refractivity contribution in [3.05, 3.63) is 0 Å². The predicted octanol–water partition coefficient (Wildman–Crippen LogP) is 8.55. The fourth-order valence-corrected chi connectivity index (χ4v) is 4.89. The summed E-state index contributed by atoms with van der Waals surface area (Å²) in [5.74, 6) is -0.544. The molecule has 4 heteroatoms. The summed E-state index contributed by atoms with van der Waals surface area (Å²) >= 11 is 0. The van der Waals surface area contributed by atoms with Gasteiger partial charge in [-0.25, -0.2) is 0 Å². The van der Waals surface area contributed by atoms with Gasteiger partial charge in [-0.15, -0.1) is 0 Å². The van der Waals surface area contributed by atoms with Crippen molar-refractivity contribution >= 4 is 11.9 Å². The molecule has 0 bridgehead atoms.